The number of hydrogen-bond acceptors (Lipinski definition) is 4. The van der Waals surface area contributed by atoms with Crippen LogP contribution in [0.2, 0.25) is 10.0 Å². The number of sulfonamides is 1. The normalized spacial score (nSPS) is 12.2. The molecule has 0 spiro atoms. The van der Waals surface area contributed by atoms with Crippen molar-refractivity contribution in [2.24, 2.45) is 0 Å². The van der Waals surface area contributed by atoms with Crippen molar-refractivity contribution in [3.05, 3.63) is 69.6 Å². The highest BCUT2D eigenvalue weighted by molar-refractivity contribution is 7.88. The summed E-state index contributed by atoms with van der Waals surface area (Å²) in [6.07, 6.45) is 4.78. The maximum Gasteiger partial charge on any atom is 0.209 e. The zero-order valence-corrected chi connectivity index (χ0v) is 21.5. The third-order valence-electron chi connectivity index (χ3n) is 5.51. The van der Waals surface area contributed by atoms with Gasteiger partial charge in [-0.1, -0.05) is 74.7 Å². The Kier molecular flexibility index (Phi) is 8.11. The molecule has 2 N–H and O–H groups in total. The molecule has 0 radical (unpaired) electrons. The van der Waals surface area contributed by atoms with E-state index in [-0.39, 0.29) is 12.0 Å². The van der Waals surface area contributed by atoms with Crippen LogP contribution in [-0.4, -0.2) is 31.2 Å². The molecule has 1 aromatic heterocycles. The fourth-order valence-electron chi connectivity index (χ4n) is 3.41. The lowest BCUT2D eigenvalue weighted by atomic mass is 9.78. The van der Waals surface area contributed by atoms with Crippen molar-refractivity contribution in [1.29, 1.82) is 0 Å². The van der Waals surface area contributed by atoms with Gasteiger partial charge in [-0.3, -0.25) is 0 Å². The van der Waals surface area contributed by atoms with Crippen molar-refractivity contribution >= 4 is 33.2 Å². The van der Waals surface area contributed by atoms with Gasteiger partial charge in [0.05, 0.1) is 41.3 Å². The van der Waals surface area contributed by atoms with E-state index in [1.165, 1.54) is 0 Å². The summed E-state index contributed by atoms with van der Waals surface area (Å²) in [6.45, 7) is 7.04. The molecule has 3 aromatic rings. The number of nitrogens with one attached hydrogen (secondary N) is 2. The smallest absolute Gasteiger partial charge is 0.209 e. The fourth-order valence-corrected chi connectivity index (χ4v) is 4.40. The number of ether oxygens (including phenoxy) is 1. The summed E-state index contributed by atoms with van der Waals surface area (Å²) in [5.74, 6) is 1.08. The second-order valence-electron chi connectivity index (χ2n) is 8.51. The Morgan fingerprint density at radius 3 is 2.30 bits per heavy atom. The van der Waals surface area contributed by atoms with E-state index in [0.29, 0.717) is 28.2 Å². The van der Waals surface area contributed by atoms with Crippen LogP contribution in [-0.2, 0) is 22.0 Å². The van der Waals surface area contributed by atoms with E-state index in [1.54, 1.807) is 6.20 Å². The van der Waals surface area contributed by atoms with Crippen LogP contribution in [0.3, 0.4) is 0 Å². The minimum absolute atomic E-state index is 0.115. The van der Waals surface area contributed by atoms with Crippen molar-refractivity contribution in [1.82, 2.24) is 14.7 Å². The van der Waals surface area contributed by atoms with Gasteiger partial charge in [-0.2, -0.15) is 0 Å². The summed E-state index contributed by atoms with van der Waals surface area (Å²) >= 11 is 13.0. The number of unbranched alkanes of at least 4 members (excludes halogenated alkanes) is 1. The number of imidazole rings is 1. The quantitative estimate of drug-likeness (QED) is 0.331. The maximum absolute atomic E-state index is 11.3. The molecule has 0 amide bonds. The number of halogens is 2. The molecule has 0 saturated heterocycles. The Morgan fingerprint density at radius 1 is 1.09 bits per heavy atom. The standard InChI is InChI=1S/C24H29Cl2N3O3S/c1-5-6-11-32-23-19(25)12-18(13-20(23)26)24(2,3)17-9-7-16(8-10-17)21-14-27-22(29-21)15-28-33(4,30)31/h7-10,12-14,28H,5-6,11,15H2,1-4H3,(H,27,29). The molecule has 0 aliphatic carbocycles. The lowest BCUT2D eigenvalue weighted by Gasteiger charge is -2.27. The van der Waals surface area contributed by atoms with Crippen LogP contribution in [0.1, 0.15) is 50.6 Å². The van der Waals surface area contributed by atoms with Crippen LogP contribution in [0.5, 0.6) is 5.75 Å². The summed E-state index contributed by atoms with van der Waals surface area (Å²) in [5.41, 5.74) is 3.50. The molecule has 6 nitrogen and oxygen atoms in total. The van der Waals surface area contributed by atoms with Gasteiger partial charge >= 0.3 is 0 Å². The SMILES string of the molecule is CCCCOc1c(Cl)cc(C(C)(C)c2ccc(-c3cnc(CNS(C)(=O)=O)[nH]3)cc2)cc1Cl. The predicted molar refractivity (Wildman–Crippen MR) is 135 cm³/mol. The minimum atomic E-state index is -3.28. The molecule has 0 saturated carbocycles. The van der Waals surface area contributed by atoms with Gasteiger partial charge in [0.1, 0.15) is 5.82 Å². The summed E-state index contributed by atoms with van der Waals surface area (Å²) in [6, 6.07) is 11.9. The molecule has 1 heterocycles. The number of hydrogen-bond donors (Lipinski definition) is 2. The van der Waals surface area contributed by atoms with Crippen LogP contribution in [0.15, 0.2) is 42.6 Å². The molecule has 0 aliphatic rings. The van der Waals surface area contributed by atoms with Crippen LogP contribution in [0.25, 0.3) is 11.3 Å². The molecule has 0 aliphatic heterocycles. The number of benzene rings is 2. The fraction of sp³-hybridized carbons (Fsp3) is 0.375. The van der Waals surface area contributed by atoms with Crippen LogP contribution in [0, 0.1) is 0 Å². The molecule has 2 aromatic carbocycles. The van der Waals surface area contributed by atoms with E-state index >= 15 is 0 Å². The Morgan fingerprint density at radius 2 is 1.73 bits per heavy atom. The van der Waals surface area contributed by atoms with Crippen LogP contribution < -0.4 is 9.46 Å². The van der Waals surface area contributed by atoms with Gasteiger partial charge in [0, 0.05) is 5.41 Å². The van der Waals surface area contributed by atoms with Crippen LogP contribution in [0.4, 0.5) is 0 Å². The number of aromatic amines is 1. The van der Waals surface area contributed by atoms with E-state index in [0.717, 1.165) is 41.5 Å². The van der Waals surface area contributed by atoms with Crippen molar-refractivity contribution in [3.8, 4) is 17.0 Å². The first kappa shape index (κ1) is 25.6. The summed E-state index contributed by atoms with van der Waals surface area (Å²) in [4.78, 5) is 7.39. The number of aromatic nitrogens is 2. The summed E-state index contributed by atoms with van der Waals surface area (Å²) in [5, 5.41) is 1.01. The molecular formula is C24H29Cl2N3O3S. The Hall–Kier alpha value is -2.06. The highest BCUT2D eigenvalue weighted by Crippen LogP contribution is 2.40. The molecule has 0 fully saturated rings. The average molecular weight is 510 g/mol. The molecule has 3 rings (SSSR count). The van der Waals surface area contributed by atoms with Crippen molar-refractivity contribution in [3.63, 3.8) is 0 Å². The average Bonchev–Trinajstić information content (AvgIpc) is 3.23. The molecule has 0 bridgehead atoms. The Labute approximate surface area is 205 Å². The first-order valence-electron chi connectivity index (χ1n) is 10.7. The van der Waals surface area contributed by atoms with Gasteiger partial charge in [0.2, 0.25) is 10.0 Å². The first-order valence-corrected chi connectivity index (χ1v) is 13.4. The second kappa shape index (κ2) is 10.5. The summed E-state index contributed by atoms with van der Waals surface area (Å²) in [7, 11) is -3.28. The van der Waals surface area contributed by atoms with Crippen LogP contribution >= 0.6 is 23.2 Å². The third kappa shape index (κ3) is 6.51. The lowest BCUT2D eigenvalue weighted by Crippen LogP contribution is -2.21. The van der Waals surface area contributed by atoms with Gasteiger partial charge in [0.25, 0.3) is 0 Å². The van der Waals surface area contributed by atoms with Crippen molar-refractivity contribution in [2.45, 2.75) is 45.6 Å². The van der Waals surface area contributed by atoms with Gasteiger partial charge in [-0.15, -0.1) is 0 Å². The highest BCUT2D eigenvalue weighted by atomic mass is 35.5. The van der Waals surface area contributed by atoms with E-state index in [2.05, 4.69) is 47.6 Å². The molecule has 33 heavy (non-hydrogen) atoms. The van der Waals surface area contributed by atoms with E-state index in [4.69, 9.17) is 27.9 Å². The third-order valence-corrected chi connectivity index (χ3v) is 6.74. The van der Waals surface area contributed by atoms with Gasteiger partial charge in [-0.25, -0.2) is 18.1 Å². The summed E-state index contributed by atoms with van der Waals surface area (Å²) < 4.78 is 30.7. The Balaban J connectivity index is 1.79. The largest absolute Gasteiger partial charge is 0.490 e. The lowest BCUT2D eigenvalue weighted by molar-refractivity contribution is 0.309. The maximum atomic E-state index is 11.3. The van der Waals surface area contributed by atoms with Gasteiger partial charge in [0.15, 0.2) is 5.75 Å². The highest BCUT2D eigenvalue weighted by Gasteiger charge is 2.25. The second-order valence-corrected chi connectivity index (χ2v) is 11.2. The molecule has 0 unspecified atom stereocenters. The minimum Gasteiger partial charge on any atom is -0.490 e. The van der Waals surface area contributed by atoms with E-state index in [9.17, 15) is 8.42 Å². The Bertz CT molecular complexity index is 1180. The molecule has 0 atom stereocenters. The van der Waals surface area contributed by atoms with Crippen molar-refractivity contribution < 1.29 is 13.2 Å². The van der Waals surface area contributed by atoms with E-state index < -0.39 is 10.0 Å². The van der Waals surface area contributed by atoms with E-state index in [1.807, 2.05) is 24.3 Å². The molecule has 178 valence electrons. The zero-order valence-electron chi connectivity index (χ0n) is 19.2. The first-order chi connectivity index (χ1) is 15.5. The zero-order chi connectivity index (χ0) is 24.2. The van der Waals surface area contributed by atoms with Gasteiger partial charge < -0.3 is 9.72 Å². The number of nitrogens with zero attached hydrogens (tertiary/aromatic N) is 1. The number of H-pyrrole nitrogens is 1. The predicted octanol–water partition coefficient (Wildman–Crippen LogP) is 5.94. The monoisotopic (exact) mass is 509 g/mol. The van der Waals surface area contributed by atoms with Crippen molar-refractivity contribution in [2.75, 3.05) is 12.9 Å². The molecular weight excluding hydrogens is 481 g/mol. The molecule has 9 heteroatoms. The topological polar surface area (TPSA) is 84.1 Å². The van der Waals surface area contributed by atoms with Gasteiger partial charge in [-0.05, 0) is 35.2 Å². The number of rotatable bonds is 10.